The van der Waals surface area contributed by atoms with Crippen molar-refractivity contribution in [2.75, 3.05) is 23.3 Å². The third-order valence-corrected chi connectivity index (χ3v) is 6.63. The Morgan fingerprint density at radius 3 is 2.38 bits per heavy atom. The molecule has 0 aliphatic carbocycles. The van der Waals surface area contributed by atoms with Crippen LogP contribution in [-0.4, -0.2) is 23.1 Å². The molecule has 1 aliphatic heterocycles. The lowest BCUT2D eigenvalue weighted by molar-refractivity contribution is 0.401. The van der Waals surface area contributed by atoms with Crippen LogP contribution in [0.3, 0.4) is 0 Å². The third kappa shape index (κ3) is 4.71. The molecule has 1 N–H and O–H groups in total. The molecule has 4 nitrogen and oxygen atoms in total. The van der Waals surface area contributed by atoms with Gasteiger partial charge in [0.25, 0.3) is 0 Å². The number of halogens is 1. The number of para-hydroxylation sites is 1. The molecule has 1 saturated heterocycles. The fraction of sp³-hybridized carbons (Fsp3) is 0.259. The molecule has 0 amide bonds. The lowest BCUT2D eigenvalue weighted by atomic mass is 9.90. The van der Waals surface area contributed by atoms with Crippen molar-refractivity contribution < 1.29 is 0 Å². The van der Waals surface area contributed by atoms with Crippen LogP contribution in [-0.2, 0) is 13.0 Å². The lowest BCUT2D eigenvalue weighted by Gasteiger charge is -2.32. The van der Waals surface area contributed by atoms with Crippen LogP contribution >= 0.6 is 11.6 Å². The second-order valence-electron chi connectivity index (χ2n) is 8.45. The molecular formula is C27H27ClN4. The molecule has 1 fully saturated rings. The van der Waals surface area contributed by atoms with Gasteiger partial charge >= 0.3 is 0 Å². The molecule has 162 valence electrons. The largest absolute Gasteiger partial charge is 0.365 e. The van der Waals surface area contributed by atoms with Crippen LogP contribution in [0.25, 0.3) is 10.9 Å². The molecule has 5 heteroatoms. The summed E-state index contributed by atoms with van der Waals surface area (Å²) in [6.45, 7) is 2.60. The fourth-order valence-corrected chi connectivity index (χ4v) is 4.65. The van der Waals surface area contributed by atoms with Crippen molar-refractivity contribution in [3.8, 4) is 0 Å². The molecule has 1 aliphatic rings. The Bertz CT molecular complexity index is 1190. The van der Waals surface area contributed by atoms with Gasteiger partial charge in [0.1, 0.15) is 5.82 Å². The van der Waals surface area contributed by atoms with Gasteiger partial charge in [-0.05, 0) is 54.5 Å². The first kappa shape index (κ1) is 20.8. The van der Waals surface area contributed by atoms with Crippen molar-refractivity contribution in [1.29, 1.82) is 0 Å². The Kier molecular flexibility index (Phi) is 6.22. The highest BCUT2D eigenvalue weighted by atomic mass is 35.5. The van der Waals surface area contributed by atoms with Crippen molar-refractivity contribution >= 4 is 34.3 Å². The zero-order chi connectivity index (χ0) is 21.8. The predicted molar refractivity (Wildman–Crippen MR) is 133 cm³/mol. The minimum Gasteiger partial charge on any atom is -0.365 e. The maximum atomic E-state index is 6.35. The molecule has 32 heavy (non-hydrogen) atoms. The summed E-state index contributed by atoms with van der Waals surface area (Å²) in [4.78, 5) is 12.2. The highest BCUT2D eigenvalue weighted by Gasteiger charge is 2.22. The van der Waals surface area contributed by atoms with Gasteiger partial charge in [-0.3, -0.25) is 0 Å². The van der Waals surface area contributed by atoms with E-state index in [2.05, 4.69) is 52.7 Å². The van der Waals surface area contributed by atoms with Crippen molar-refractivity contribution in [3.05, 3.63) is 95.0 Å². The average Bonchev–Trinajstić information content (AvgIpc) is 2.84. The smallest absolute Gasteiger partial charge is 0.227 e. The van der Waals surface area contributed by atoms with Crippen molar-refractivity contribution in [2.45, 2.75) is 25.8 Å². The molecule has 0 atom stereocenters. The van der Waals surface area contributed by atoms with E-state index in [0.29, 0.717) is 12.5 Å². The van der Waals surface area contributed by atoms with Gasteiger partial charge in [-0.2, -0.15) is 4.98 Å². The number of nitrogens with one attached hydrogen (secondary N) is 1. The van der Waals surface area contributed by atoms with E-state index in [9.17, 15) is 0 Å². The number of piperidine rings is 1. The van der Waals surface area contributed by atoms with E-state index < -0.39 is 0 Å². The zero-order valence-electron chi connectivity index (χ0n) is 18.0. The molecule has 1 aromatic heterocycles. The van der Waals surface area contributed by atoms with E-state index in [1.807, 2.05) is 36.4 Å². The number of hydrogen-bond acceptors (Lipinski definition) is 4. The second kappa shape index (κ2) is 9.58. The van der Waals surface area contributed by atoms with Gasteiger partial charge in [0.15, 0.2) is 0 Å². The van der Waals surface area contributed by atoms with Crippen LogP contribution in [0.15, 0.2) is 78.9 Å². The number of fused-ring (bicyclic) bond motifs is 1. The summed E-state index contributed by atoms with van der Waals surface area (Å²) in [7, 11) is 0. The van der Waals surface area contributed by atoms with E-state index >= 15 is 0 Å². The normalized spacial score (nSPS) is 14.6. The van der Waals surface area contributed by atoms with Crippen LogP contribution < -0.4 is 10.2 Å². The van der Waals surface area contributed by atoms with Gasteiger partial charge in [-0.25, -0.2) is 4.98 Å². The van der Waals surface area contributed by atoms with Crippen LogP contribution in [0.5, 0.6) is 0 Å². The Morgan fingerprint density at radius 2 is 1.56 bits per heavy atom. The molecule has 0 radical (unpaired) electrons. The minimum atomic E-state index is 0.624. The summed E-state index contributed by atoms with van der Waals surface area (Å²) < 4.78 is 0. The summed E-state index contributed by atoms with van der Waals surface area (Å²) >= 11 is 6.35. The number of anilines is 2. The maximum absolute atomic E-state index is 6.35. The Hall–Kier alpha value is -3.11. The van der Waals surface area contributed by atoms with E-state index in [1.165, 1.54) is 5.56 Å². The number of hydrogen-bond donors (Lipinski definition) is 1. The molecule has 5 rings (SSSR count). The maximum Gasteiger partial charge on any atom is 0.227 e. The van der Waals surface area contributed by atoms with Gasteiger partial charge in [0.05, 0.1) is 5.52 Å². The van der Waals surface area contributed by atoms with Crippen molar-refractivity contribution in [1.82, 2.24) is 9.97 Å². The predicted octanol–water partition coefficient (Wildman–Crippen LogP) is 6.35. The fourth-order valence-electron chi connectivity index (χ4n) is 4.45. The highest BCUT2D eigenvalue weighted by molar-refractivity contribution is 6.31. The summed E-state index contributed by atoms with van der Waals surface area (Å²) in [6, 6.07) is 26.9. The van der Waals surface area contributed by atoms with Crippen molar-refractivity contribution in [3.63, 3.8) is 0 Å². The number of aromatic nitrogens is 2. The van der Waals surface area contributed by atoms with E-state index in [4.69, 9.17) is 21.6 Å². The van der Waals surface area contributed by atoms with Crippen LogP contribution in [0, 0.1) is 5.92 Å². The van der Waals surface area contributed by atoms with E-state index in [1.54, 1.807) is 0 Å². The van der Waals surface area contributed by atoms with Crippen molar-refractivity contribution in [2.24, 2.45) is 5.92 Å². The Balaban J connectivity index is 1.33. The Labute approximate surface area is 194 Å². The molecule has 0 spiro atoms. The van der Waals surface area contributed by atoms with Gasteiger partial charge in [0, 0.05) is 30.0 Å². The number of rotatable bonds is 6. The molecule has 0 bridgehead atoms. The first-order valence-corrected chi connectivity index (χ1v) is 11.7. The second-order valence-corrected chi connectivity index (χ2v) is 8.86. The molecule has 4 aromatic rings. The number of benzene rings is 3. The monoisotopic (exact) mass is 442 g/mol. The quantitative estimate of drug-likeness (QED) is 0.377. The Morgan fingerprint density at radius 1 is 0.844 bits per heavy atom. The zero-order valence-corrected chi connectivity index (χ0v) is 18.8. The third-order valence-electron chi connectivity index (χ3n) is 6.26. The molecular weight excluding hydrogens is 416 g/mol. The lowest BCUT2D eigenvalue weighted by Crippen LogP contribution is -2.35. The molecule has 2 heterocycles. The first-order chi connectivity index (χ1) is 15.8. The van der Waals surface area contributed by atoms with Gasteiger partial charge in [0.2, 0.25) is 5.95 Å². The van der Waals surface area contributed by atoms with Crippen LogP contribution in [0.1, 0.15) is 24.0 Å². The van der Waals surface area contributed by atoms with Gasteiger partial charge in [-0.1, -0.05) is 72.3 Å². The van der Waals surface area contributed by atoms with Crippen LogP contribution in [0.2, 0.25) is 5.02 Å². The standard InChI is InChI=1S/C27H27ClN4/c28-24-12-6-4-10-22(24)19-29-26-23-11-5-7-13-25(23)30-27(31-26)32-16-14-21(15-17-32)18-20-8-2-1-3-9-20/h1-13,21H,14-19H2,(H,29,30,31). The SMILES string of the molecule is Clc1ccccc1CNc1nc(N2CCC(Cc3ccccc3)CC2)nc2ccccc12. The van der Waals surface area contributed by atoms with Gasteiger partial charge in [-0.15, -0.1) is 0 Å². The van der Waals surface area contributed by atoms with E-state index in [0.717, 1.165) is 65.6 Å². The average molecular weight is 443 g/mol. The molecule has 0 saturated carbocycles. The first-order valence-electron chi connectivity index (χ1n) is 11.3. The summed E-state index contributed by atoms with van der Waals surface area (Å²) in [6.07, 6.45) is 3.47. The molecule has 0 unspecified atom stereocenters. The van der Waals surface area contributed by atoms with Gasteiger partial charge < -0.3 is 10.2 Å². The summed E-state index contributed by atoms with van der Waals surface area (Å²) in [5.41, 5.74) is 3.45. The summed E-state index contributed by atoms with van der Waals surface area (Å²) in [5, 5.41) is 5.30. The topological polar surface area (TPSA) is 41.1 Å². The summed E-state index contributed by atoms with van der Waals surface area (Å²) in [5.74, 6) is 2.38. The highest BCUT2D eigenvalue weighted by Crippen LogP contribution is 2.28. The molecule has 3 aromatic carbocycles. The minimum absolute atomic E-state index is 0.624. The van der Waals surface area contributed by atoms with Crippen LogP contribution in [0.4, 0.5) is 11.8 Å². The van der Waals surface area contributed by atoms with E-state index in [-0.39, 0.29) is 0 Å². The number of nitrogens with zero attached hydrogens (tertiary/aromatic N) is 3.